The number of H-pyrrole nitrogens is 1. The fourth-order valence-electron chi connectivity index (χ4n) is 1.07. The van der Waals surface area contributed by atoms with Crippen LogP contribution in [0.25, 0.3) is 0 Å². The summed E-state index contributed by atoms with van der Waals surface area (Å²) in [5, 5.41) is 8.66. The molecule has 0 aliphatic rings. The SMILES string of the molecule is COC(=O)c1cc(C)[nH]c(=O)c1C#N. The van der Waals surface area contributed by atoms with E-state index in [2.05, 4.69) is 9.72 Å². The zero-order valence-electron chi connectivity index (χ0n) is 7.75. The maximum atomic E-state index is 11.2. The lowest BCUT2D eigenvalue weighted by molar-refractivity contribution is 0.0600. The van der Waals surface area contributed by atoms with Crippen LogP contribution in [0.3, 0.4) is 0 Å². The van der Waals surface area contributed by atoms with Gasteiger partial charge >= 0.3 is 5.97 Å². The third-order valence-corrected chi connectivity index (χ3v) is 1.69. The molecule has 0 saturated heterocycles. The Hall–Kier alpha value is -2.09. The average Bonchev–Trinajstić information content (AvgIpc) is 2.15. The van der Waals surface area contributed by atoms with Crippen LogP contribution >= 0.6 is 0 Å². The molecule has 0 radical (unpaired) electrons. The van der Waals surface area contributed by atoms with Gasteiger partial charge in [-0.3, -0.25) is 4.79 Å². The number of ether oxygens (including phenoxy) is 1. The maximum absolute atomic E-state index is 11.2. The van der Waals surface area contributed by atoms with Crippen LogP contribution in [-0.2, 0) is 4.74 Å². The molecule has 0 saturated carbocycles. The zero-order chi connectivity index (χ0) is 10.7. The van der Waals surface area contributed by atoms with Crippen molar-refractivity contribution in [2.45, 2.75) is 6.92 Å². The Kier molecular flexibility index (Phi) is 2.67. The van der Waals surface area contributed by atoms with E-state index in [9.17, 15) is 9.59 Å². The molecule has 1 rings (SSSR count). The van der Waals surface area contributed by atoms with Gasteiger partial charge in [0.25, 0.3) is 5.56 Å². The molecule has 5 nitrogen and oxygen atoms in total. The highest BCUT2D eigenvalue weighted by molar-refractivity contribution is 5.92. The third-order valence-electron chi connectivity index (χ3n) is 1.69. The van der Waals surface area contributed by atoms with Crippen LogP contribution in [0.1, 0.15) is 21.6 Å². The van der Waals surface area contributed by atoms with E-state index < -0.39 is 11.5 Å². The number of carbonyl (C=O) groups excluding carboxylic acids is 1. The molecule has 0 atom stereocenters. The highest BCUT2D eigenvalue weighted by atomic mass is 16.5. The monoisotopic (exact) mass is 192 g/mol. The van der Waals surface area contributed by atoms with Crippen molar-refractivity contribution < 1.29 is 9.53 Å². The number of aromatic nitrogens is 1. The summed E-state index contributed by atoms with van der Waals surface area (Å²) >= 11 is 0. The molecule has 72 valence electrons. The van der Waals surface area contributed by atoms with Crippen molar-refractivity contribution in [3.05, 3.63) is 33.2 Å². The van der Waals surface area contributed by atoms with Crippen LogP contribution in [0.4, 0.5) is 0 Å². The smallest absolute Gasteiger partial charge is 0.339 e. The fraction of sp³-hybridized carbons (Fsp3) is 0.222. The highest BCUT2D eigenvalue weighted by Gasteiger charge is 2.15. The standard InChI is InChI=1S/C9H8N2O3/c1-5-3-6(9(13)14-2)7(4-10)8(12)11-5/h3H,1-2H3,(H,11,12). The summed E-state index contributed by atoms with van der Waals surface area (Å²) in [5.41, 5.74) is -0.291. The van der Waals surface area contributed by atoms with Gasteiger partial charge in [0.1, 0.15) is 11.6 Å². The van der Waals surface area contributed by atoms with Gasteiger partial charge in [0.15, 0.2) is 0 Å². The molecular formula is C9H8N2O3. The summed E-state index contributed by atoms with van der Waals surface area (Å²) < 4.78 is 4.45. The summed E-state index contributed by atoms with van der Waals surface area (Å²) in [6.45, 7) is 1.62. The number of carbonyl (C=O) groups is 1. The lowest BCUT2D eigenvalue weighted by Crippen LogP contribution is -2.18. The van der Waals surface area contributed by atoms with E-state index in [0.29, 0.717) is 5.69 Å². The van der Waals surface area contributed by atoms with Crippen molar-refractivity contribution in [1.82, 2.24) is 4.98 Å². The first-order valence-corrected chi connectivity index (χ1v) is 3.82. The van der Waals surface area contributed by atoms with E-state index in [4.69, 9.17) is 5.26 Å². The number of esters is 1. The number of nitrogens with zero attached hydrogens (tertiary/aromatic N) is 1. The van der Waals surface area contributed by atoms with Crippen molar-refractivity contribution in [1.29, 1.82) is 5.26 Å². The van der Waals surface area contributed by atoms with Gasteiger partial charge in [-0.25, -0.2) is 4.79 Å². The number of rotatable bonds is 1. The molecule has 0 aliphatic heterocycles. The van der Waals surface area contributed by atoms with Gasteiger partial charge in [0.05, 0.1) is 12.7 Å². The van der Waals surface area contributed by atoms with E-state index in [1.165, 1.54) is 13.2 Å². The number of aryl methyl sites for hydroxylation is 1. The van der Waals surface area contributed by atoms with Crippen molar-refractivity contribution in [2.24, 2.45) is 0 Å². The van der Waals surface area contributed by atoms with Crippen LogP contribution in [-0.4, -0.2) is 18.1 Å². The second-order valence-electron chi connectivity index (χ2n) is 2.67. The zero-order valence-corrected chi connectivity index (χ0v) is 7.75. The van der Waals surface area contributed by atoms with Crippen LogP contribution in [0.5, 0.6) is 0 Å². The number of aromatic amines is 1. The highest BCUT2D eigenvalue weighted by Crippen LogP contribution is 2.05. The van der Waals surface area contributed by atoms with Crippen LogP contribution in [0.15, 0.2) is 10.9 Å². The quantitative estimate of drug-likeness (QED) is 0.650. The van der Waals surface area contributed by atoms with Crippen molar-refractivity contribution >= 4 is 5.97 Å². The van der Waals surface area contributed by atoms with E-state index in [1.54, 1.807) is 13.0 Å². The maximum Gasteiger partial charge on any atom is 0.339 e. The Labute approximate surface area is 79.9 Å². The molecule has 0 bridgehead atoms. The first kappa shape index (κ1) is 9.99. The molecule has 5 heteroatoms. The average molecular weight is 192 g/mol. The third kappa shape index (κ3) is 1.64. The minimum Gasteiger partial charge on any atom is -0.465 e. The number of nitriles is 1. The van der Waals surface area contributed by atoms with Crippen molar-refractivity contribution in [3.63, 3.8) is 0 Å². The van der Waals surface area contributed by atoms with Crippen molar-refractivity contribution in [3.8, 4) is 6.07 Å². The molecule has 0 aliphatic carbocycles. The lowest BCUT2D eigenvalue weighted by atomic mass is 10.1. The molecule has 0 aromatic carbocycles. The van der Waals surface area contributed by atoms with Gasteiger partial charge in [-0.05, 0) is 13.0 Å². The van der Waals surface area contributed by atoms with Gasteiger partial charge in [-0.2, -0.15) is 5.26 Å². The van der Waals surface area contributed by atoms with Crippen LogP contribution < -0.4 is 5.56 Å². The van der Waals surface area contributed by atoms with Gasteiger partial charge in [-0.1, -0.05) is 0 Å². The summed E-state index contributed by atoms with van der Waals surface area (Å²) in [6.07, 6.45) is 0. The molecular weight excluding hydrogens is 184 g/mol. The topological polar surface area (TPSA) is 83.0 Å². The largest absolute Gasteiger partial charge is 0.465 e. The second-order valence-corrected chi connectivity index (χ2v) is 2.67. The first-order chi connectivity index (χ1) is 6.60. The van der Waals surface area contributed by atoms with Crippen LogP contribution in [0.2, 0.25) is 0 Å². The normalized spacial score (nSPS) is 9.21. The molecule has 1 aromatic rings. The van der Waals surface area contributed by atoms with E-state index >= 15 is 0 Å². The Morgan fingerprint density at radius 2 is 2.29 bits per heavy atom. The predicted octanol–water partition coefficient (Wildman–Crippen LogP) is 0.342. The minimum absolute atomic E-state index is 0.00347. The summed E-state index contributed by atoms with van der Waals surface area (Å²) in [7, 11) is 1.19. The number of hydrogen-bond acceptors (Lipinski definition) is 4. The van der Waals surface area contributed by atoms with Crippen molar-refractivity contribution in [2.75, 3.05) is 7.11 Å². The first-order valence-electron chi connectivity index (χ1n) is 3.82. The minimum atomic E-state index is -0.684. The van der Waals surface area contributed by atoms with Crippen LogP contribution in [0, 0.1) is 18.3 Å². The van der Waals surface area contributed by atoms with Gasteiger partial charge in [0, 0.05) is 5.69 Å². The Bertz CT molecular complexity index is 468. The van der Waals surface area contributed by atoms with E-state index in [1.807, 2.05) is 0 Å². The Morgan fingerprint density at radius 1 is 1.64 bits per heavy atom. The molecule has 1 heterocycles. The number of nitrogens with one attached hydrogen (secondary N) is 1. The molecule has 0 spiro atoms. The van der Waals surface area contributed by atoms with Gasteiger partial charge in [-0.15, -0.1) is 0 Å². The molecule has 0 unspecified atom stereocenters. The molecule has 1 aromatic heterocycles. The Morgan fingerprint density at radius 3 is 2.79 bits per heavy atom. The summed E-state index contributed by atoms with van der Waals surface area (Å²) in [5.74, 6) is -0.684. The number of hydrogen-bond donors (Lipinski definition) is 1. The predicted molar refractivity (Wildman–Crippen MR) is 47.9 cm³/mol. The lowest BCUT2D eigenvalue weighted by Gasteiger charge is -2.01. The van der Waals surface area contributed by atoms with E-state index in [0.717, 1.165) is 0 Å². The second kappa shape index (κ2) is 3.75. The summed E-state index contributed by atoms with van der Waals surface area (Å²) in [4.78, 5) is 24.8. The fourth-order valence-corrected chi connectivity index (χ4v) is 1.07. The van der Waals surface area contributed by atoms with Gasteiger partial charge < -0.3 is 9.72 Å². The summed E-state index contributed by atoms with van der Waals surface area (Å²) in [6, 6.07) is 3.07. The number of pyridine rings is 1. The molecule has 1 N–H and O–H groups in total. The number of methoxy groups -OCH3 is 1. The molecule has 14 heavy (non-hydrogen) atoms. The molecule has 0 amide bonds. The van der Waals surface area contributed by atoms with Gasteiger partial charge in [0.2, 0.25) is 0 Å². The molecule has 0 fully saturated rings. The Balaban J connectivity index is 3.50. The van der Waals surface area contributed by atoms with E-state index in [-0.39, 0.29) is 11.1 Å².